The number of anilines is 1. The number of rotatable bonds is 6. The number of thioether (sulfide) groups is 1. The number of carboxylic acids is 1. The first-order chi connectivity index (χ1) is 12.2. The number of hydrogen-bond acceptors (Lipinski definition) is 5. The third-order valence-electron chi connectivity index (χ3n) is 3.06. The molecule has 0 spiro atoms. The molecule has 0 fully saturated rings. The number of hydrogen-bond donors (Lipinski definition) is 2. The maximum Gasteiger partial charge on any atom is 0.416 e. The van der Waals surface area contributed by atoms with Crippen molar-refractivity contribution in [3.63, 3.8) is 0 Å². The molecule has 0 atom stereocenters. The summed E-state index contributed by atoms with van der Waals surface area (Å²) in [5.74, 6) is -1.10. The molecule has 1 aromatic carbocycles. The molecule has 11 heteroatoms. The largest absolute Gasteiger partial charge is 0.475 e. The summed E-state index contributed by atoms with van der Waals surface area (Å²) in [5.41, 5.74) is -0.728. The summed E-state index contributed by atoms with van der Waals surface area (Å²) in [7, 11) is 1.47. The Balaban J connectivity index is 1.75. The van der Waals surface area contributed by atoms with E-state index >= 15 is 0 Å². The first-order valence-corrected chi connectivity index (χ1v) is 8.16. The van der Waals surface area contributed by atoms with Gasteiger partial charge in [0.05, 0.1) is 5.56 Å². The summed E-state index contributed by atoms with van der Waals surface area (Å²) in [6.07, 6.45) is -3.87. The molecule has 1 aromatic heterocycles. The zero-order valence-electron chi connectivity index (χ0n) is 13.4. The van der Waals surface area contributed by atoms with Gasteiger partial charge in [-0.1, -0.05) is 0 Å². The molecule has 0 aliphatic rings. The lowest BCUT2D eigenvalue weighted by molar-refractivity contribution is -0.137. The van der Waals surface area contributed by atoms with Crippen molar-refractivity contribution in [2.45, 2.75) is 11.1 Å². The summed E-state index contributed by atoms with van der Waals surface area (Å²) < 4.78 is 43.5. The minimum Gasteiger partial charge on any atom is -0.475 e. The van der Waals surface area contributed by atoms with Gasteiger partial charge < -0.3 is 14.4 Å². The van der Waals surface area contributed by atoms with Crippen LogP contribution in [0.25, 0.3) is 0 Å². The van der Waals surface area contributed by atoms with Crippen molar-refractivity contribution < 1.29 is 32.6 Å². The first-order valence-electron chi connectivity index (χ1n) is 7.17. The number of halogens is 3. The molecule has 140 valence electrons. The van der Waals surface area contributed by atoms with Gasteiger partial charge in [0.15, 0.2) is 5.82 Å². The molecule has 0 radical (unpaired) electrons. The third kappa shape index (κ3) is 5.41. The number of carboxylic acid groups (broad SMARTS) is 1. The number of amides is 1. The first kappa shape index (κ1) is 19.6. The van der Waals surface area contributed by atoms with Crippen LogP contribution in [0.2, 0.25) is 0 Å². The maximum atomic E-state index is 12.5. The highest BCUT2D eigenvalue weighted by Crippen LogP contribution is 2.30. The van der Waals surface area contributed by atoms with Crippen LogP contribution in [0.15, 0.2) is 35.4 Å². The van der Waals surface area contributed by atoms with Crippen LogP contribution in [-0.4, -0.2) is 39.1 Å². The normalized spacial score (nSPS) is 11.2. The lowest BCUT2D eigenvalue weighted by Crippen LogP contribution is -2.15. The number of aryl methyl sites for hydroxylation is 1. The molecule has 1 amide bonds. The Morgan fingerprint density at radius 1 is 1.31 bits per heavy atom. The number of benzene rings is 1. The summed E-state index contributed by atoms with van der Waals surface area (Å²) >= 11 is 1.23. The van der Waals surface area contributed by atoms with E-state index in [1.54, 1.807) is 0 Å². The average Bonchev–Trinajstić information content (AvgIpc) is 2.92. The topological polar surface area (TPSA) is 93.5 Å². The van der Waals surface area contributed by atoms with Gasteiger partial charge in [0.25, 0.3) is 0 Å². The van der Waals surface area contributed by atoms with Gasteiger partial charge in [0.2, 0.25) is 5.82 Å². The second-order valence-electron chi connectivity index (χ2n) is 5.00. The van der Waals surface area contributed by atoms with Gasteiger partial charge in [-0.25, -0.2) is 14.6 Å². The molecule has 0 saturated carbocycles. The van der Waals surface area contributed by atoms with Crippen molar-refractivity contribution in [1.82, 2.24) is 9.55 Å². The number of ether oxygens (including phenoxy) is 1. The monoisotopic (exact) mass is 389 g/mol. The number of alkyl halides is 3. The van der Waals surface area contributed by atoms with E-state index in [9.17, 15) is 22.8 Å². The SMILES string of the molecule is Cn1cc(NC(=O)OCCSc2ccc(C(F)(F)F)cc2)nc1C(=O)O. The fourth-order valence-electron chi connectivity index (χ4n) is 1.90. The van der Waals surface area contributed by atoms with Crippen molar-refractivity contribution >= 4 is 29.6 Å². The number of imidazole rings is 1. The standard InChI is InChI=1S/C15H14F3N3O4S/c1-21-8-11(19-12(21)13(22)23)20-14(24)25-6-7-26-10-4-2-9(3-5-10)15(16,17)18/h2-5,8H,6-7H2,1H3,(H,20,24)(H,22,23). The van der Waals surface area contributed by atoms with E-state index < -0.39 is 23.8 Å². The molecular formula is C15H14F3N3O4S. The molecule has 0 aliphatic heterocycles. The third-order valence-corrected chi connectivity index (χ3v) is 4.04. The van der Waals surface area contributed by atoms with E-state index in [-0.39, 0.29) is 18.2 Å². The predicted octanol–water partition coefficient (Wildman–Crippen LogP) is 3.48. The summed E-state index contributed by atoms with van der Waals surface area (Å²) in [5, 5.41) is 11.2. The number of carbonyl (C=O) groups excluding carboxylic acids is 1. The molecule has 2 N–H and O–H groups in total. The molecule has 7 nitrogen and oxygen atoms in total. The van der Waals surface area contributed by atoms with Gasteiger partial charge in [-0.05, 0) is 24.3 Å². The van der Waals surface area contributed by atoms with E-state index in [0.717, 1.165) is 12.1 Å². The molecule has 0 aliphatic carbocycles. The van der Waals surface area contributed by atoms with E-state index in [1.807, 2.05) is 0 Å². The fraction of sp³-hybridized carbons (Fsp3) is 0.267. The summed E-state index contributed by atoms with van der Waals surface area (Å²) in [6, 6.07) is 4.65. The number of nitrogens with one attached hydrogen (secondary N) is 1. The lowest BCUT2D eigenvalue weighted by Gasteiger charge is -2.08. The summed E-state index contributed by atoms with van der Waals surface area (Å²) in [4.78, 5) is 26.8. The number of aromatic nitrogens is 2. The molecule has 26 heavy (non-hydrogen) atoms. The molecule has 0 bridgehead atoms. The predicted molar refractivity (Wildman–Crippen MR) is 87.3 cm³/mol. The van der Waals surface area contributed by atoms with Crippen molar-refractivity contribution in [3.05, 3.63) is 41.9 Å². The van der Waals surface area contributed by atoms with Crippen LogP contribution in [0.4, 0.5) is 23.8 Å². The van der Waals surface area contributed by atoms with Crippen molar-refractivity contribution in [1.29, 1.82) is 0 Å². The number of aromatic carboxylic acids is 1. The van der Waals surface area contributed by atoms with E-state index in [0.29, 0.717) is 10.6 Å². The van der Waals surface area contributed by atoms with Crippen molar-refractivity contribution in [2.75, 3.05) is 17.7 Å². The quantitative estimate of drug-likeness (QED) is 0.580. The van der Waals surface area contributed by atoms with Crippen LogP contribution in [0.1, 0.15) is 16.2 Å². The van der Waals surface area contributed by atoms with Crippen molar-refractivity contribution in [2.24, 2.45) is 7.05 Å². The molecular weight excluding hydrogens is 375 g/mol. The molecule has 2 rings (SSSR count). The summed E-state index contributed by atoms with van der Waals surface area (Å²) in [6.45, 7) is 0.0101. The van der Waals surface area contributed by atoms with Gasteiger partial charge in [0.1, 0.15) is 6.61 Å². The van der Waals surface area contributed by atoms with Gasteiger partial charge in [0, 0.05) is 23.9 Å². The Hall–Kier alpha value is -2.69. The van der Waals surface area contributed by atoms with Gasteiger partial charge in [-0.2, -0.15) is 13.2 Å². The molecule has 1 heterocycles. The molecule has 0 saturated heterocycles. The maximum absolute atomic E-state index is 12.5. The van der Waals surface area contributed by atoms with Gasteiger partial charge in [-0.15, -0.1) is 11.8 Å². The highest BCUT2D eigenvalue weighted by molar-refractivity contribution is 7.99. The van der Waals surface area contributed by atoms with Crippen LogP contribution in [0, 0.1) is 0 Å². The zero-order valence-corrected chi connectivity index (χ0v) is 14.2. The Labute approximate surface area is 150 Å². The molecule has 0 unspecified atom stereocenters. The second-order valence-corrected chi connectivity index (χ2v) is 6.17. The Kier molecular flexibility index (Phi) is 6.14. The molecule has 2 aromatic rings. The number of nitrogens with zero attached hydrogens (tertiary/aromatic N) is 2. The van der Waals surface area contributed by atoms with Crippen LogP contribution in [-0.2, 0) is 18.0 Å². The zero-order chi connectivity index (χ0) is 19.3. The highest BCUT2D eigenvalue weighted by Gasteiger charge is 2.29. The fourth-order valence-corrected chi connectivity index (χ4v) is 2.63. The Bertz CT molecular complexity index is 790. The van der Waals surface area contributed by atoms with Crippen LogP contribution in [0.5, 0.6) is 0 Å². The Morgan fingerprint density at radius 2 is 1.96 bits per heavy atom. The lowest BCUT2D eigenvalue weighted by atomic mass is 10.2. The minimum absolute atomic E-state index is 0.0101. The smallest absolute Gasteiger partial charge is 0.416 e. The second kappa shape index (κ2) is 8.13. The minimum atomic E-state index is -4.38. The van der Waals surface area contributed by atoms with E-state index in [2.05, 4.69) is 10.3 Å². The van der Waals surface area contributed by atoms with E-state index in [1.165, 1.54) is 41.7 Å². The average molecular weight is 389 g/mol. The van der Waals surface area contributed by atoms with Crippen LogP contribution in [0.3, 0.4) is 0 Å². The van der Waals surface area contributed by atoms with Crippen LogP contribution >= 0.6 is 11.8 Å². The van der Waals surface area contributed by atoms with Crippen molar-refractivity contribution in [3.8, 4) is 0 Å². The highest BCUT2D eigenvalue weighted by atomic mass is 32.2. The number of carbonyl (C=O) groups is 2. The Morgan fingerprint density at radius 3 is 2.50 bits per heavy atom. The van der Waals surface area contributed by atoms with E-state index in [4.69, 9.17) is 9.84 Å². The van der Waals surface area contributed by atoms with Gasteiger partial charge in [-0.3, -0.25) is 5.32 Å². The van der Waals surface area contributed by atoms with Gasteiger partial charge >= 0.3 is 18.2 Å². The van der Waals surface area contributed by atoms with Crippen LogP contribution < -0.4 is 5.32 Å².